The lowest BCUT2D eigenvalue weighted by molar-refractivity contribution is 0.592. The van der Waals surface area contributed by atoms with Crippen LogP contribution < -0.4 is 5.73 Å². The van der Waals surface area contributed by atoms with E-state index < -0.39 is 0 Å². The van der Waals surface area contributed by atoms with Gasteiger partial charge in [0, 0.05) is 29.2 Å². The van der Waals surface area contributed by atoms with Crippen molar-refractivity contribution < 1.29 is 0 Å². The summed E-state index contributed by atoms with van der Waals surface area (Å²) in [6.45, 7) is 3.46. The van der Waals surface area contributed by atoms with E-state index in [4.69, 9.17) is 5.73 Å². The lowest BCUT2D eigenvalue weighted by Crippen LogP contribution is -2.09. The topological polar surface area (TPSA) is 69.6 Å². The van der Waals surface area contributed by atoms with Gasteiger partial charge in [-0.15, -0.1) is 10.2 Å². The Balaban J connectivity index is 2.08. The predicted octanol–water partition coefficient (Wildman–Crippen LogP) is 2.60. The number of hydrogen-bond donors (Lipinski definition) is 1. The first-order valence-corrected chi connectivity index (χ1v) is 7.86. The van der Waals surface area contributed by atoms with Gasteiger partial charge in [0.1, 0.15) is 5.82 Å². The molecule has 0 radical (unpaired) electrons. The van der Waals surface area contributed by atoms with E-state index in [9.17, 15) is 0 Å². The van der Waals surface area contributed by atoms with E-state index in [1.54, 1.807) is 18.0 Å². The highest BCUT2D eigenvalue weighted by Crippen LogP contribution is 2.23. The first kappa shape index (κ1) is 14.5. The summed E-state index contributed by atoms with van der Waals surface area (Å²) in [5, 5.41) is 9.25. The van der Waals surface area contributed by atoms with Gasteiger partial charge in [0.25, 0.3) is 0 Å². The van der Waals surface area contributed by atoms with Crippen LogP contribution in [-0.4, -0.2) is 19.7 Å². The summed E-state index contributed by atoms with van der Waals surface area (Å²) in [6, 6.07) is 2.06. The van der Waals surface area contributed by atoms with Crippen LogP contribution in [0.3, 0.4) is 0 Å². The molecule has 0 aliphatic carbocycles. The maximum atomic E-state index is 5.67. The molecule has 0 fully saturated rings. The van der Waals surface area contributed by atoms with Crippen LogP contribution in [-0.2, 0) is 18.8 Å². The highest BCUT2D eigenvalue weighted by atomic mass is 79.9. The molecule has 0 amide bonds. The second-order valence-electron chi connectivity index (χ2n) is 4.05. The van der Waals surface area contributed by atoms with Crippen molar-refractivity contribution in [3.8, 4) is 0 Å². The molecule has 2 N–H and O–H groups in total. The van der Waals surface area contributed by atoms with Crippen LogP contribution in [0.25, 0.3) is 0 Å². The average Bonchev–Trinajstić information content (AvgIpc) is 2.79. The van der Waals surface area contributed by atoms with Gasteiger partial charge in [0.15, 0.2) is 5.16 Å². The summed E-state index contributed by atoms with van der Waals surface area (Å²) in [4.78, 5) is 4.15. The highest BCUT2D eigenvalue weighted by molar-refractivity contribution is 9.10. The Labute approximate surface area is 125 Å². The second-order valence-corrected chi connectivity index (χ2v) is 5.91. The van der Waals surface area contributed by atoms with Crippen molar-refractivity contribution in [1.29, 1.82) is 0 Å². The molecular weight excluding hydrogens is 326 g/mol. The van der Waals surface area contributed by atoms with Crippen molar-refractivity contribution >= 4 is 27.7 Å². The first-order chi connectivity index (χ1) is 9.24. The molecule has 0 saturated carbocycles. The molecule has 0 spiro atoms. The van der Waals surface area contributed by atoms with Crippen LogP contribution >= 0.6 is 27.7 Å². The summed E-state index contributed by atoms with van der Waals surface area (Å²) < 4.78 is 3.08. The number of thioether (sulfide) groups is 1. The molecule has 0 aliphatic heterocycles. The Kier molecular flexibility index (Phi) is 5.35. The minimum atomic E-state index is 0.423. The van der Waals surface area contributed by atoms with Crippen LogP contribution in [0.2, 0.25) is 0 Å². The molecule has 0 unspecified atom stereocenters. The zero-order chi connectivity index (χ0) is 13.7. The zero-order valence-electron chi connectivity index (χ0n) is 10.7. The van der Waals surface area contributed by atoms with Crippen LogP contribution in [0.15, 0.2) is 28.1 Å². The maximum absolute atomic E-state index is 5.67. The van der Waals surface area contributed by atoms with Crippen LogP contribution in [0.1, 0.15) is 24.7 Å². The number of nitrogens with two attached hydrogens (primary N) is 1. The lowest BCUT2D eigenvalue weighted by Gasteiger charge is -2.07. The van der Waals surface area contributed by atoms with Gasteiger partial charge in [-0.25, -0.2) is 0 Å². The summed E-state index contributed by atoms with van der Waals surface area (Å²) in [7, 11) is 0. The first-order valence-electron chi connectivity index (χ1n) is 6.09. The van der Waals surface area contributed by atoms with Crippen molar-refractivity contribution in [1.82, 2.24) is 19.7 Å². The van der Waals surface area contributed by atoms with Crippen molar-refractivity contribution in [3.05, 3.63) is 34.3 Å². The normalized spacial score (nSPS) is 10.9. The van der Waals surface area contributed by atoms with Gasteiger partial charge in [-0.2, -0.15) is 0 Å². The van der Waals surface area contributed by atoms with Crippen molar-refractivity contribution in [2.75, 3.05) is 0 Å². The number of rotatable bonds is 6. The average molecular weight is 342 g/mol. The molecule has 2 heterocycles. The minimum Gasteiger partial charge on any atom is -0.324 e. The Morgan fingerprint density at radius 1 is 1.37 bits per heavy atom. The third kappa shape index (κ3) is 3.77. The minimum absolute atomic E-state index is 0.423. The van der Waals surface area contributed by atoms with Gasteiger partial charge in [-0.1, -0.05) is 18.7 Å². The quantitative estimate of drug-likeness (QED) is 0.817. The van der Waals surface area contributed by atoms with Gasteiger partial charge in [0.05, 0.1) is 6.54 Å². The van der Waals surface area contributed by atoms with Crippen LogP contribution in [0.4, 0.5) is 0 Å². The summed E-state index contributed by atoms with van der Waals surface area (Å²) in [5.74, 6) is 1.66. The van der Waals surface area contributed by atoms with E-state index >= 15 is 0 Å². The van der Waals surface area contributed by atoms with Crippen LogP contribution in [0.5, 0.6) is 0 Å². The Hall–Kier alpha value is -0.920. The van der Waals surface area contributed by atoms with Crippen molar-refractivity contribution in [2.45, 2.75) is 37.3 Å². The molecular formula is C12H16BrN5S. The van der Waals surface area contributed by atoms with Gasteiger partial charge < -0.3 is 10.3 Å². The molecule has 19 heavy (non-hydrogen) atoms. The number of nitrogens with zero attached hydrogens (tertiary/aromatic N) is 4. The summed E-state index contributed by atoms with van der Waals surface area (Å²) >= 11 is 5.08. The molecule has 2 aromatic heterocycles. The molecule has 2 aromatic rings. The fourth-order valence-electron chi connectivity index (χ4n) is 1.71. The second kappa shape index (κ2) is 7.02. The molecule has 7 heteroatoms. The number of halogens is 1. The molecule has 102 valence electrons. The summed E-state index contributed by atoms with van der Waals surface area (Å²) in [6.07, 6.45) is 4.68. The predicted molar refractivity (Wildman–Crippen MR) is 79.7 cm³/mol. The molecule has 2 rings (SSSR count). The largest absolute Gasteiger partial charge is 0.324 e. The van der Waals surface area contributed by atoms with Gasteiger partial charge in [0.2, 0.25) is 0 Å². The van der Waals surface area contributed by atoms with Crippen LogP contribution in [0, 0.1) is 0 Å². The number of pyridine rings is 1. The number of hydrogen-bond acceptors (Lipinski definition) is 5. The Bertz CT molecular complexity index is 543. The van der Waals surface area contributed by atoms with E-state index in [0.717, 1.165) is 39.7 Å². The lowest BCUT2D eigenvalue weighted by atomic mass is 10.3. The molecule has 0 atom stereocenters. The highest BCUT2D eigenvalue weighted by Gasteiger charge is 2.10. The standard InChI is InChI=1S/C12H16BrN5S/c1-2-3-18-11(5-14)16-17-12(18)19-8-9-4-10(13)7-15-6-9/h4,6-7H,2-3,5,8,14H2,1H3. The van der Waals surface area contributed by atoms with E-state index in [2.05, 4.69) is 48.7 Å². The molecule has 0 aromatic carbocycles. The Morgan fingerprint density at radius 3 is 2.89 bits per heavy atom. The number of aromatic nitrogens is 4. The fraction of sp³-hybridized carbons (Fsp3) is 0.417. The SMILES string of the molecule is CCCn1c(CN)nnc1SCc1cncc(Br)c1. The molecule has 0 saturated heterocycles. The summed E-state index contributed by atoms with van der Waals surface area (Å²) in [5.41, 5.74) is 6.83. The third-order valence-electron chi connectivity index (χ3n) is 2.55. The van der Waals surface area contributed by atoms with E-state index in [-0.39, 0.29) is 0 Å². The molecule has 0 aliphatic rings. The van der Waals surface area contributed by atoms with Gasteiger partial charge in [-0.3, -0.25) is 4.98 Å². The Morgan fingerprint density at radius 2 is 2.21 bits per heavy atom. The van der Waals surface area contributed by atoms with E-state index in [0.29, 0.717) is 6.54 Å². The monoisotopic (exact) mass is 341 g/mol. The maximum Gasteiger partial charge on any atom is 0.191 e. The van der Waals surface area contributed by atoms with Gasteiger partial charge >= 0.3 is 0 Å². The van der Waals surface area contributed by atoms with E-state index in [1.165, 1.54) is 0 Å². The fourth-order valence-corrected chi connectivity index (χ4v) is 3.02. The third-order valence-corrected chi connectivity index (χ3v) is 4.02. The smallest absolute Gasteiger partial charge is 0.191 e. The van der Waals surface area contributed by atoms with Crippen molar-refractivity contribution in [3.63, 3.8) is 0 Å². The van der Waals surface area contributed by atoms with E-state index in [1.807, 2.05) is 6.20 Å². The molecule has 0 bridgehead atoms. The zero-order valence-corrected chi connectivity index (χ0v) is 13.1. The van der Waals surface area contributed by atoms with Crippen molar-refractivity contribution in [2.24, 2.45) is 5.73 Å². The molecule has 5 nitrogen and oxygen atoms in total. The van der Waals surface area contributed by atoms with Gasteiger partial charge in [-0.05, 0) is 34.0 Å².